The van der Waals surface area contributed by atoms with Crippen molar-refractivity contribution in [3.63, 3.8) is 0 Å². The van der Waals surface area contributed by atoms with Crippen molar-refractivity contribution in [2.24, 2.45) is 0 Å². The lowest BCUT2D eigenvalue weighted by molar-refractivity contribution is 0.600. The molecule has 2 rings (SSSR count). The Morgan fingerprint density at radius 1 is 1.43 bits per heavy atom. The summed E-state index contributed by atoms with van der Waals surface area (Å²) < 4.78 is 14.8. The molecule has 1 aromatic heterocycles. The van der Waals surface area contributed by atoms with Gasteiger partial charge in [-0.3, -0.25) is 0 Å². The van der Waals surface area contributed by atoms with E-state index < -0.39 is 0 Å². The predicted octanol–water partition coefficient (Wildman–Crippen LogP) is 2.34. The fraction of sp³-hybridized carbons (Fsp3) is 0. The molecule has 3 nitrogen and oxygen atoms in total. The maximum Gasteiger partial charge on any atom is 0.139 e. The normalized spacial score (nSPS) is 10.4. The molecule has 0 aliphatic heterocycles. The monoisotopic (exact) mass is 227 g/mol. The van der Waals surface area contributed by atoms with Gasteiger partial charge in [0.1, 0.15) is 18.5 Å². The summed E-state index contributed by atoms with van der Waals surface area (Å²) in [6, 6.07) is 4.81. The van der Waals surface area contributed by atoms with E-state index in [1.54, 1.807) is 12.1 Å². The van der Waals surface area contributed by atoms with Crippen molar-refractivity contribution in [2.45, 2.75) is 4.90 Å². The molecule has 14 heavy (non-hydrogen) atoms. The first kappa shape index (κ1) is 9.54. The first-order chi connectivity index (χ1) is 6.81. The van der Waals surface area contributed by atoms with Crippen LogP contribution in [0.4, 0.5) is 4.39 Å². The van der Waals surface area contributed by atoms with Gasteiger partial charge in [0.15, 0.2) is 0 Å². The molecule has 0 saturated carbocycles. The Hall–Kier alpha value is -1.01. The maximum absolute atomic E-state index is 13.3. The smallest absolute Gasteiger partial charge is 0.139 e. The molecule has 0 bridgehead atoms. The van der Waals surface area contributed by atoms with E-state index in [4.69, 9.17) is 0 Å². The number of benzene rings is 1. The fourth-order valence-corrected chi connectivity index (χ4v) is 1.77. The highest BCUT2D eigenvalue weighted by Gasteiger charge is 2.04. The lowest BCUT2D eigenvalue weighted by Crippen LogP contribution is -1.95. The standard InChI is InChI=1S/C8H6FN3S2/c9-7-3-6(1-2-8(7)14-13)12-5-10-4-11-12/h1-5,13H. The van der Waals surface area contributed by atoms with Crippen LogP contribution in [0.2, 0.25) is 0 Å². The van der Waals surface area contributed by atoms with E-state index in [2.05, 4.69) is 21.7 Å². The van der Waals surface area contributed by atoms with Gasteiger partial charge in [-0.25, -0.2) is 14.1 Å². The van der Waals surface area contributed by atoms with E-state index >= 15 is 0 Å². The molecule has 2 aromatic rings. The van der Waals surface area contributed by atoms with Crippen molar-refractivity contribution >= 4 is 22.5 Å². The Morgan fingerprint density at radius 3 is 2.86 bits per heavy atom. The lowest BCUT2D eigenvalue weighted by Gasteiger charge is -2.02. The zero-order chi connectivity index (χ0) is 9.97. The molecule has 0 radical (unpaired) electrons. The Balaban J connectivity index is 2.43. The zero-order valence-corrected chi connectivity index (χ0v) is 8.67. The summed E-state index contributed by atoms with van der Waals surface area (Å²) in [5.74, 6) is -0.307. The number of halogens is 1. The number of thiol groups is 1. The van der Waals surface area contributed by atoms with Crippen molar-refractivity contribution in [2.75, 3.05) is 0 Å². The van der Waals surface area contributed by atoms with Crippen molar-refractivity contribution in [1.29, 1.82) is 0 Å². The molecule has 0 amide bonds. The SMILES string of the molecule is Fc1cc(-n2cncn2)ccc1SS. The second-order valence-electron chi connectivity index (χ2n) is 2.55. The van der Waals surface area contributed by atoms with Crippen LogP contribution in [-0.2, 0) is 0 Å². The Labute approximate surface area is 89.2 Å². The van der Waals surface area contributed by atoms with Gasteiger partial charge < -0.3 is 0 Å². The number of nitrogens with zero attached hydrogens (tertiary/aromatic N) is 3. The van der Waals surface area contributed by atoms with Crippen LogP contribution in [0.25, 0.3) is 5.69 Å². The third kappa shape index (κ3) is 1.76. The van der Waals surface area contributed by atoms with E-state index in [9.17, 15) is 4.39 Å². The summed E-state index contributed by atoms with van der Waals surface area (Å²) in [5.41, 5.74) is 0.645. The van der Waals surface area contributed by atoms with Crippen LogP contribution in [-0.4, -0.2) is 14.8 Å². The number of hydrogen-bond acceptors (Lipinski definition) is 4. The van der Waals surface area contributed by atoms with Crippen molar-refractivity contribution in [1.82, 2.24) is 14.8 Å². The predicted molar refractivity (Wildman–Crippen MR) is 56.2 cm³/mol. The third-order valence-electron chi connectivity index (χ3n) is 1.70. The summed E-state index contributed by atoms with van der Waals surface area (Å²) in [7, 11) is 1.08. The zero-order valence-electron chi connectivity index (χ0n) is 6.96. The Kier molecular flexibility index (Phi) is 2.74. The molecule has 1 heterocycles. The van der Waals surface area contributed by atoms with Crippen LogP contribution in [0.3, 0.4) is 0 Å². The highest BCUT2D eigenvalue weighted by atomic mass is 33.1. The van der Waals surface area contributed by atoms with Gasteiger partial charge >= 0.3 is 0 Å². The number of hydrogen-bond donors (Lipinski definition) is 1. The van der Waals surface area contributed by atoms with Crippen LogP contribution in [0.1, 0.15) is 0 Å². The summed E-state index contributed by atoms with van der Waals surface area (Å²) in [5, 5.41) is 3.90. The molecule has 72 valence electrons. The van der Waals surface area contributed by atoms with Crippen LogP contribution in [0.5, 0.6) is 0 Å². The summed E-state index contributed by atoms with van der Waals surface area (Å²) in [6.45, 7) is 0. The number of rotatable bonds is 2. The van der Waals surface area contributed by atoms with Gasteiger partial charge in [0.2, 0.25) is 0 Å². The fourth-order valence-electron chi connectivity index (χ4n) is 1.05. The molecular weight excluding hydrogens is 221 g/mol. The van der Waals surface area contributed by atoms with Gasteiger partial charge in [-0.05, 0) is 12.1 Å². The largest absolute Gasteiger partial charge is 0.223 e. The van der Waals surface area contributed by atoms with Crippen LogP contribution in [0, 0.1) is 5.82 Å². The van der Waals surface area contributed by atoms with Gasteiger partial charge in [-0.1, -0.05) is 10.8 Å². The molecule has 0 atom stereocenters. The summed E-state index contributed by atoms with van der Waals surface area (Å²) in [6.07, 6.45) is 2.92. The first-order valence-corrected chi connectivity index (χ1v) is 5.64. The van der Waals surface area contributed by atoms with Gasteiger partial charge in [0.25, 0.3) is 0 Å². The highest BCUT2D eigenvalue weighted by Crippen LogP contribution is 2.25. The number of aromatic nitrogens is 3. The average molecular weight is 227 g/mol. The molecular formula is C8H6FN3S2. The third-order valence-corrected chi connectivity index (χ3v) is 2.81. The molecule has 6 heteroatoms. The van der Waals surface area contributed by atoms with Gasteiger partial charge in [-0.2, -0.15) is 5.10 Å². The molecule has 0 unspecified atom stereocenters. The molecule has 0 saturated heterocycles. The summed E-state index contributed by atoms with van der Waals surface area (Å²) in [4.78, 5) is 4.28. The Bertz CT molecular complexity index is 430. The van der Waals surface area contributed by atoms with E-state index in [1.807, 2.05) is 0 Å². The molecule has 0 N–H and O–H groups in total. The van der Waals surface area contributed by atoms with Gasteiger partial charge in [0, 0.05) is 6.07 Å². The van der Waals surface area contributed by atoms with E-state index in [0.29, 0.717) is 10.6 Å². The average Bonchev–Trinajstić information content (AvgIpc) is 2.70. The van der Waals surface area contributed by atoms with Crippen molar-refractivity contribution in [3.8, 4) is 5.69 Å². The second kappa shape index (κ2) is 4.02. The molecule has 0 spiro atoms. The molecule has 0 aliphatic carbocycles. The minimum Gasteiger partial charge on any atom is -0.223 e. The van der Waals surface area contributed by atoms with Crippen LogP contribution < -0.4 is 0 Å². The van der Waals surface area contributed by atoms with Crippen molar-refractivity contribution < 1.29 is 4.39 Å². The van der Waals surface area contributed by atoms with E-state index in [0.717, 1.165) is 10.8 Å². The lowest BCUT2D eigenvalue weighted by atomic mass is 10.3. The molecule has 1 aromatic carbocycles. The molecule has 0 fully saturated rings. The maximum atomic E-state index is 13.3. The highest BCUT2D eigenvalue weighted by molar-refractivity contribution is 8.68. The van der Waals surface area contributed by atoms with Crippen LogP contribution in [0.15, 0.2) is 35.7 Å². The first-order valence-electron chi connectivity index (χ1n) is 3.77. The minimum absolute atomic E-state index is 0.307. The van der Waals surface area contributed by atoms with E-state index in [1.165, 1.54) is 23.4 Å². The van der Waals surface area contributed by atoms with E-state index in [-0.39, 0.29) is 5.82 Å². The Morgan fingerprint density at radius 2 is 2.29 bits per heavy atom. The minimum atomic E-state index is -0.307. The van der Waals surface area contributed by atoms with Crippen molar-refractivity contribution in [3.05, 3.63) is 36.7 Å². The second-order valence-corrected chi connectivity index (χ2v) is 3.72. The van der Waals surface area contributed by atoms with Gasteiger partial charge in [-0.15, -0.1) is 11.7 Å². The topological polar surface area (TPSA) is 30.7 Å². The quantitative estimate of drug-likeness (QED) is 0.631. The van der Waals surface area contributed by atoms with Crippen LogP contribution >= 0.6 is 22.5 Å². The summed E-state index contributed by atoms with van der Waals surface area (Å²) >= 11 is 3.93. The van der Waals surface area contributed by atoms with Gasteiger partial charge in [0.05, 0.1) is 10.6 Å². The molecule has 0 aliphatic rings.